The third-order valence-corrected chi connectivity index (χ3v) is 4.56. The van der Waals surface area contributed by atoms with Crippen molar-refractivity contribution in [3.8, 4) is 0 Å². The summed E-state index contributed by atoms with van der Waals surface area (Å²) in [5.41, 5.74) is 2.47. The molecular formula is C14H19N3OS. The van der Waals surface area contributed by atoms with Gasteiger partial charge < -0.3 is 4.52 Å². The summed E-state index contributed by atoms with van der Waals surface area (Å²) in [5, 5.41) is 8.39. The first kappa shape index (κ1) is 12.8. The molecule has 1 atom stereocenters. The highest BCUT2D eigenvalue weighted by Crippen LogP contribution is 2.23. The van der Waals surface area contributed by atoms with E-state index in [2.05, 4.69) is 38.7 Å². The molecule has 0 amide bonds. The molecule has 2 aromatic rings. The van der Waals surface area contributed by atoms with Gasteiger partial charge in [0.15, 0.2) is 0 Å². The topological polar surface area (TPSA) is 32.5 Å². The number of nitrogens with zero attached hydrogens (tertiary/aromatic N) is 3. The Labute approximate surface area is 117 Å². The SMILES string of the molecule is C[C@@H](c1ccsc1)N1CCN(Cc2ccon2)CC1. The van der Waals surface area contributed by atoms with Crippen LogP contribution >= 0.6 is 11.3 Å². The van der Waals surface area contributed by atoms with Crippen molar-refractivity contribution in [2.24, 2.45) is 0 Å². The van der Waals surface area contributed by atoms with Crippen LogP contribution in [-0.2, 0) is 6.54 Å². The molecule has 0 bridgehead atoms. The van der Waals surface area contributed by atoms with Crippen LogP contribution in [0.1, 0.15) is 24.2 Å². The van der Waals surface area contributed by atoms with Crippen LogP contribution < -0.4 is 0 Å². The molecule has 1 saturated heterocycles. The molecular weight excluding hydrogens is 258 g/mol. The Kier molecular flexibility index (Phi) is 3.96. The van der Waals surface area contributed by atoms with E-state index >= 15 is 0 Å². The van der Waals surface area contributed by atoms with Crippen LogP contribution in [0.3, 0.4) is 0 Å². The van der Waals surface area contributed by atoms with Gasteiger partial charge in [-0.1, -0.05) is 5.16 Å². The summed E-state index contributed by atoms with van der Waals surface area (Å²) in [5.74, 6) is 0. The van der Waals surface area contributed by atoms with Gasteiger partial charge in [-0.25, -0.2) is 0 Å². The second kappa shape index (κ2) is 5.86. The van der Waals surface area contributed by atoms with E-state index in [1.807, 2.05) is 6.07 Å². The number of piperazine rings is 1. The molecule has 0 aliphatic carbocycles. The fourth-order valence-electron chi connectivity index (χ4n) is 2.58. The molecule has 0 unspecified atom stereocenters. The molecule has 0 saturated carbocycles. The summed E-state index contributed by atoms with van der Waals surface area (Å²) < 4.78 is 4.88. The van der Waals surface area contributed by atoms with Crippen molar-refractivity contribution in [3.05, 3.63) is 40.4 Å². The molecule has 1 fully saturated rings. The Bertz CT molecular complexity index is 475. The zero-order valence-corrected chi connectivity index (χ0v) is 12.0. The smallest absolute Gasteiger partial charge is 0.124 e. The second-order valence-corrected chi connectivity index (χ2v) is 5.82. The van der Waals surface area contributed by atoms with Gasteiger partial charge in [0, 0.05) is 44.8 Å². The van der Waals surface area contributed by atoms with Crippen molar-refractivity contribution in [1.82, 2.24) is 15.0 Å². The summed E-state index contributed by atoms with van der Waals surface area (Å²) in [6.07, 6.45) is 1.64. The van der Waals surface area contributed by atoms with Gasteiger partial charge in [-0.15, -0.1) is 0 Å². The van der Waals surface area contributed by atoms with Gasteiger partial charge in [0.05, 0.1) is 5.69 Å². The van der Waals surface area contributed by atoms with Gasteiger partial charge >= 0.3 is 0 Å². The number of hydrogen-bond acceptors (Lipinski definition) is 5. The van der Waals surface area contributed by atoms with Crippen molar-refractivity contribution in [1.29, 1.82) is 0 Å². The first-order chi connectivity index (χ1) is 9.33. The van der Waals surface area contributed by atoms with E-state index in [-0.39, 0.29) is 0 Å². The second-order valence-electron chi connectivity index (χ2n) is 5.04. The third-order valence-electron chi connectivity index (χ3n) is 3.86. The largest absolute Gasteiger partial charge is 0.364 e. The van der Waals surface area contributed by atoms with Crippen LogP contribution in [0.2, 0.25) is 0 Å². The maximum Gasteiger partial charge on any atom is 0.124 e. The van der Waals surface area contributed by atoms with E-state index < -0.39 is 0 Å². The highest BCUT2D eigenvalue weighted by Gasteiger charge is 2.22. The maximum atomic E-state index is 4.88. The van der Waals surface area contributed by atoms with E-state index in [9.17, 15) is 0 Å². The Morgan fingerprint density at radius 1 is 1.32 bits per heavy atom. The van der Waals surface area contributed by atoms with Crippen LogP contribution in [0.4, 0.5) is 0 Å². The van der Waals surface area contributed by atoms with E-state index in [1.54, 1.807) is 17.6 Å². The van der Waals surface area contributed by atoms with Crippen molar-refractivity contribution in [3.63, 3.8) is 0 Å². The van der Waals surface area contributed by atoms with Crippen LogP contribution in [0, 0.1) is 0 Å². The zero-order chi connectivity index (χ0) is 13.1. The molecule has 19 heavy (non-hydrogen) atoms. The number of thiophene rings is 1. The molecule has 1 aliphatic rings. The van der Waals surface area contributed by atoms with E-state index in [1.165, 1.54) is 5.56 Å². The lowest BCUT2D eigenvalue weighted by molar-refractivity contribution is 0.0965. The van der Waals surface area contributed by atoms with Crippen LogP contribution in [0.25, 0.3) is 0 Å². The summed E-state index contributed by atoms with van der Waals surface area (Å²) in [6.45, 7) is 7.64. The lowest BCUT2D eigenvalue weighted by atomic mass is 10.1. The molecule has 102 valence electrons. The van der Waals surface area contributed by atoms with Gasteiger partial charge in [0.25, 0.3) is 0 Å². The lowest BCUT2D eigenvalue weighted by Crippen LogP contribution is -2.46. The Balaban J connectivity index is 1.52. The summed E-state index contributed by atoms with van der Waals surface area (Å²) in [7, 11) is 0. The normalized spacial score (nSPS) is 19.6. The van der Waals surface area contributed by atoms with Gasteiger partial charge in [-0.05, 0) is 29.3 Å². The van der Waals surface area contributed by atoms with Gasteiger partial charge in [-0.3, -0.25) is 9.80 Å². The van der Waals surface area contributed by atoms with Crippen molar-refractivity contribution in [2.45, 2.75) is 19.5 Å². The quantitative estimate of drug-likeness (QED) is 0.860. The van der Waals surface area contributed by atoms with Crippen LogP contribution in [-0.4, -0.2) is 41.1 Å². The van der Waals surface area contributed by atoms with E-state index in [0.717, 1.165) is 38.4 Å². The third kappa shape index (κ3) is 3.05. The molecule has 2 aromatic heterocycles. The van der Waals surface area contributed by atoms with Gasteiger partial charge in [0.2, 0.25) is 0 Å². The predicted octanol–water partition coefficient (Wildman–Crippen LogP) is 2.61. The summed E-state index contributed by atoms with van der Waals surface area (Å²) >= 11 is 1.78. The average Bonchev–Trinajstić information content (AvgIpc) is 3.12. The molecule has 4 nitrogen and oxygen atoms in total. The van der Waals surface area contributed by atoms with Crippen molar-refractivity contribution >= 4 is 11.3 Å². The molecule has 0 radical (unpaired) electrons. The van der Waals surface area contributed by atoms with E-state index in [0.29, 0.717) is 6.04 Å². The lowest BCUT2D eigenvalue weighted by Gasteiger charge is -2.37. The highest BCUT2D eigenvalue weighted by molar-refractivity contribution is 7.07. The molecule has 3 rings (SSSR count). The minimum absolute atomic E-state index is 0.528. The van der Waals surface area contributed by atoms with Gasteiger partial charge in [0.1, 0.15) is 6.26 Å². The summed E-state index contributed by atoms with van der Waals surface area (Å²) in [4.78, 5) is 5.00. The number of aromatic nitrogens is 1. The highest BCUT2D eigenvalue weighted by atomic mass is 32.1. The van der Waals surface area contributed by atoms with Crippen molar-refractivity contribution in [2.75, 3.05) is 26.2 Å². The zero-order valence-electron chi connectivity index (χ0n) is 11.2. The minimum atomic E-state index is 0.528. The molecule has 0 N–H and O–H groups in total. The Morgan fingerprint density at radius 3 is 2.79 bits per heavy atom. The Morgan fingerprint density at radius 2 is 2.16 bits per heavy atom. The van der Waals surface area contributed by atoms with Crippen LogP contribution in [0.15, 0.2) is 33.7 Å². The summed E-state index contributed by atoms with van der Waals surface area (Å²) in [6, 6.07) is 4.71. The maximum absolute atomic E-state index is 4.88. The predicted molar refractivity (Wildman–Crippen MR) is 76.1 cm³/mol. The fraction of sp³-hybridized carbons (Fsp3) is 0.500. The van der Waals surface area contributed by atoms with Crippen LogP contribution in [0.5, 0.6) is 0 Å². The van der Waals surface area contributed by atoms with E-state index in [4.69, 9.17) is 4.52 Å². The molecule has 3 heterocycles. The monoisotopic (exact) mass is 277 g/mol. The molecule has 5 heteroatoms. The standard InChI is InChI=1S/C14H19N3OS/c1-12(13-3-9-19-11-13)17-6-4-16(5-7-17)10-14-2-8-18-15-14/h2-3,8-9,11-12H,4-7,10H2,1H3/t12-/m0/s1. The van der Waals surface area contributed by atoms with Crippen molar-refractivity contribution < 1.29 is 4.52 Å². The molecule has 1 aliphatic heterocycles. The first-order valence-electron chi connectivity index (χ1n) is 6.70. The Hall–Kier alpha value is -1.17. The first-order valence-corrected chi connectivity index (χ1v) is 7.65. The number of rotatable bonds is 4. The fourth-order valence-corrected chi connectivity index (χ4v) is 3.33. The molecule has 0 spiro atoms. The molecule has 0 aromatic carbocycles. The average molecular weight is 277 g/mol. The minimum Gasteiger partial charge on any atom is -0.364 e. The number of hydrogen-bond donors (Lipinski definition) is 0. The van der Waals surface area contributed by atoms with Gasteiger partial charge in [-0.2, -0.15) is 11.3 Å².